The van der Waals surface area contributed by atoms with Crippen molar-refractivity contribution < 1.29 is 18.9 Å². The molecule has 0 spiro atoms. The minimum absolute atomic E-state index is 0.0851. The molecule has 0 aliphatic carbocycles. The molecule has 0 aromatic heterocycles. The van der Waals surface area contributed by atoms with Crippen LogP contribution in [0.4, 0.5) is 0 Å². The van der Waals surface area contributed by atoms with E-state index < -0.39 is 0 Å². The minimum atomic E-state index is -0.256. The Morgan fingerprint density at radius 1 is 1.11 bits per heavy atom. The maximum atomic E-state index is 5.65. The topological polar surface area (TPSA) is 49.3 Å². The van der Waals surface area contributed by atoms with Crippen molar-refractivity contribution in [3.8, 4) is 11.5 Å². The van der Waals surface area contributed by atoms with Crippen LogP contribution in [0.15, 0.2) is 23.2 Å². The molecule has 98 valence electrons. The second-order valence-corrected chi connectivity index (χ2v) is 3.95. The van der Waals surface area contributed by atoms with Crippen LogP contribution in [0.3, 0.4) is 0 Å². The van der Waals surface area contributed by atoms with E-state index in [1.165, 1.54) is 0 Å². The number of aliphatic imine (C=N–C) groups is 1. The minimum Gasteiger partial charge on any atom is -0.493 e. The Hall–Kier alpha value is -1.75. The molecule has 1 heterocycles. The van der Waals surface area contributed by atoms with E-state index in [9.17, 15) is 0 Å². The molecule has 5 heteroatoms. The van der Waals surface area contributed by atoms with E-state index in [0.29, 0.717) is 17.4 Å². The van der Waals surface area contributed by atoms with E-state index in [2.05, 4.69) is 4.99 Å². The fourth-order valence-corrected chi connectivity index (χ4v) is 1.84. The Labute approximate surface area is 106 Å². The van der Waals surface area contributed by atoms with Gasteiger partial charge in [0.1, 0.15) is 6.10 Å². The predicted molar refractivity (Wildman–Crippen MR) is 67.4 cm³/mol. The van der Waals surface area contributed by atoms with Crippen LogP contribution in [0, 0.1) is 0 Å². The molecule has 0 radical (unpaired) electrons. The third-order valence-corrected chi connectivity index (χ3v) is 2.82. The van der Waals surface area contributed by atoms with Crippen molar-refractivity contribution in [2.75, 3.05) is 21.3 Å². The van der Waals surface area contributed by atoms with Crippen molar-refractivity contribution in [3.05, 3.63) is 23.8 Å². The van der Waals surface area contributed by atoms with Gasteiger partial charge >= 0.3 is 0 Å². The highest BCUT2D eigenvalue weighted by atomic mass is 16.6. The number of nitrogens with zero attached hydrogens (tertiary/aromatic N) is 1. The van der Waals surface area contributed by atoms with Gasteiger partial charge in [-0.25, -0.2) is 4.99 Å². The van der Waals surface area contributed by atoms with Gasteiger partial charge in [-0.2, -0.15) is 0 Å². The molecule has 0 amide bonds. The number of rotatable bonds is 4. The molecular weight excluding hydrogens is 234 g/mol. The normalized spacial score (nSPS) is 22.3. The molecule has 0 N–H and O–H groups in total. The molecule has 5 nitrogen and oxygen atoms in total. The molecule has 0 saturated carbocycles. The Kier molecular flexibility index (Phi) is 3.72. The Morgan fingerprint density at radius 3 is 2.39 bits per heavy atom. The molecule has 2 rings (SSSR count). The van der Waals surface area contributed by atoms with Gasteiger partial charge in [-0.15, -0.1) is 0 Å². The quantitative estimate of drug-likeness (QED) is 0.819. The van der Waals surface area contributed by atoms with E-state index in [1.807, 2.05) is 25.1 Å². The van der Waals surface area contributed by atoms with Crippen molar-refractivity contribution in [1.29, 1.82) is 0 Å². The zero-order chi connectivity index (χ0) is 13.1. The first-order valence-electron chi connectivity index (χ1n) is 5.69. The van der Waals surface area contributed by atoms with Crippen LogP contribution in [-0.4, -0.2) is 39.6 Å². The van der Waals surface area contributed by atoms with Crippen LogP contribution in [0.2, 0.25) is 0 Å². The average molecular weight is 251 g/mol. The van der Waals surface area contributed by atoms with Gasteiger partial charge in [0.15, 0.2) is 17.7 Å². The molecule has 0 fully saturated rings. The summed E-state index contributed by atoms with van der Waals surface area (Å²) in [5.74, 6) is 1.89. The zero-order valence-electron chi connectivity index (χ0n) is 11.0. The van der Waals surface area contributed by atoms with E-state index in [1.54, 1.807) is 21.3 Å². The Morgan fingerprint density at radius 2 is 1.83 bits per heavy atom. The summed E-state index contributed by atoms with van der Waals surface area (Å²) in [5, 5.41) is 0. The van der Waals surface area contributed by atoms with Crippen molar-refractivity contribution >= 4 is 5.90 Å². The number of methoxy groups -OCH3 is 3. The maximum Gasteiger partial charge on any atom is 0.219 e. The third kappa shape index (κ3) is 2.26. The Bertz CT molecular complexity index is 458. The summed E-state index contributed by atoms with van der Waals surface area (Å²) >= 11 is 0. The van der Waals surface area contributed by atoms with Gasteiger partial charge in [-0.3, -0.25) is 0 Å². The first kappa shape index (κ1) is 12.7. The number of hydrogen-bond donors (Lipinski definition) is 0. The molecule has 1 aliphatic rings. The third-order valence-electron chi connectivity index (χ3n) is 2.82. The summed E-state index contributed by atoms with van der Waals surface area (Å²) in [7, 11) is 4.81. The molecule has 18 heavy (non-hydrogen) atoms. The molecule has 2 atom stereocenters. The van der Waals surface area contributed by atoms with Gasteiger partial charge in [0.2, 0.25) is 5.90 Å². The Balaban J connectivity index is 2.30. The monoisotopic (exact) mass is 251 g/mol. The highest BCUT2D eigenvalue weighted by molar-refractivity contribution is 5.96. The largest absolute Gasteiger partial charge is 0.493 e. The van der Waals surface area contributed by atoms with E-state index in [-0.39, 0.29) is 12.3 Å². The molecular formula is C13H17NO4. The summed E-state index contributed by atoms with van der Waals surface area (Å²) < 4.78 is 21.3. The first-order chi connectivity index (χ1) is 8.69. The van der Waals surface area contributed by atoms with Crippen molar-refractivity contribution in [3.63, 3.8) is 0 Å². The fourth-order valence-electron chi connectivity index (χ4n) is 1.84. The molecule has 0 saturated heterocycles. The van der Waals surface area contributed by atoms with Crippen LogP contribution in [0.1, 0.15) is 12.5 Å². The zero-order valence-corrected chi connectivity index (χ0v) is 11.0. The number of hydrogen-bond acceptors (Lipinski definition) is 5. The van der Waals surface area contributed by atoms with E-state index in [0.717, 1.165) is 5.56 Å². The lowest BCUT2D eigenvalue weighted by molar-refractivity contribution is 0.0363. The van der Waals surface area contributed by atoms with Crippen LogP contribution in [-0.2, 0) is 9.47 Å². The summed E-state index contributed by atoms with van der Waals surface area (Å²) in [6.07, 6.45) is -0.341. The highest BCUT2D eigenvalue weighted by Gasteiger charge is 2.28. The first-order valence-corrected chi connectivity index (χ1v) is 5.69. The maximum absolute atomic E-state index is 5.65. The standard InChI is InChI=1S/C13H17NO4/c1-8-12(17-4)14-13(18-8)9-5-6-10(15-2)11(7-9)16-3/h5-8,12H,1-4H3/t8-,12-/m0/s1. The summed E-state index contributed by atoms with van der Waals surface area (Å²) in [4.78, 5) is 4.36. The predicted octanol–water partition coefficient (Wildman–Crippen LogP) is 1.84. The fraction of sp³-hybridized carbons (Fsp3) is 0.462. The smallest absolute Gasteiger partial charge is 0.219 e. The van der Waals surface area contributed by atoms with Gasteiger partial charge in [-0.1, -0.05) is 0 Å². The van der Waals surface area contributed by atoms with Crippen LogP contribution in [0.25, 0.3) is 0 Å². The van der Waals surface area contributed by atoms with Crippen LogP contribution < -0.4 is 9.47 Å². The SMILES string of the molecule is COc1ccc(C2=N[C@@H](OC)[C@H](C)O2)cc1OC. The van der Waals surface area contributed by atoms with Gasteiger partial charge in [-0.05, 0) is 25.1 Å². The number of ether oxygens (including phenoxy) is 4. The molecule has 0 unspecified atom stereocenters. The van der Waals surface area contributed by atoms with Crippen LogP contribution >= 0.6 is 0 Å². The van der Waals surface area contributed by atoms with Gasteiger partial charge in [0, 0.05) is 12.7 Å². The summed E-state index contributed by atoms with van der Waals surface area (Å²) in [6.45, 7) is 1.92. The van der Waals surface area contributed by atoms with Crippen LogP contribution in [0.5, 0.6) is 11.5 Å². The molecule has 1 aliphatic heterocycles. The van der Waals surface area contributed by atoms with E-state index in [4.69, 9.17) is 18.9 Å². The summed E-state index contributed by atoms with van der Waals surface area (Å²) in [6, 6.07) is 5.54. The molecule has 1 aromatic rings. The van der Waals surface area contributed by atoms with Crippen molar-refractivity contribution in [2.24, 2.45) is 4.99 Å². The van der Waals surface area contributed by atoms with E-state index >= 15 is 0 Å². The lowest BCUT2D eigenvalue weighted by Gasteiger charge is -2.11. The second-order valence-electron chi connectivity index (χ2n) is 3.95. The molecule has 0 bridgehead atoms. The lowest BCUT2D eigenvalue weighted by atomic mass is 10.2. The molecule has 1 aromatic carbocycles. The highest BCUT2D eigenvalue weighted by Crippen LogP contribution is 2.29. The van der Waals surface area contributed by atoms with Gasteiger partial charge in [0.25, 0.3) is 0 Å². The summed E-state index contributed by atoms with van der Waals surface area (Å²) in [5.41, 5.74) is 0.846. The van der Waals surface area contributed by atoms with Crippen molar-refractivity contribution in [1.82, 2.24) is 0 Å². The van der Waals surface area contributed by atoms with Gasteiger partial charge < -0.3 is 18.9 Å². The van der Waals surface area contributed by atoms with Gasteiger partial charge in [0.05, 0.1) is 14.2 Å². The van der Waals surface area contributed by atoms with Crippen molar-refractivity contribution in [2.45, 2.75) is 19.3 Å². The lowest BCUT2D eigenvalue weighted by Crippen LogP contribution is -2.20. The second kappa shape index (κ2) is 5.27. The average Bonchev–Trinajstić information content (AvgIpc) is 2.79. The number of benzene rings is 1.